The van der Waals surface area contributed by atoms with E-state index in [0.717, 1.165) is 33.6 Å². The van der Waals surface area contributed by atoms with E-state index in [0.29, 0.717) is 13.2 Å². The standard InChI is InChI=1S/C19H22N2O2S/c1-5-16-20-18-17(19(22)21(16)8-9-23-4)15(11-24-18)14-7-6-12(2)13(3)10-14/h6-7,10-11H,5,8-9H2,1-4H3. The third kappa shape index (κ3) is 2.89. The molecule has 0 saturated carbocycles. The first kappa shape index (κ1) is 16.9. The maximum Gasteiger partial charge on any atom is 0.262 e. The summed E-state index contributed by atoms with van der Waals surface area (Å²) in [5.41, 5.74) is 4.56. The normalized spacial score (nSPS) is 11.3. The lowest BCUT2D eigenvalue weighted by atomic mass is 10.0. The van der Waals surface area contributed by atoms with Crippen LogP contribution in [0.2, 0.25) is 0 Å². The van der Waals surface area contributed by atoms with E-state index in [1.807, 2.05) is 12.3 Å². The fourth-order valence-corrected chi connectivity index (χ4v) is 3.83. The van der Waals surface area contributed by atoms with Gasteiger partial charge in [-0.3, -0.25) is 9.36 Å². The van der Waals surface area contributed by atoms with E-state index in [9.17, 15) is 4.79 Å². The van der Waals surface area contributed by atoms with Crippen LogP contribution < -0.4 is 5.56 Å². The predicted molar refractivity (Wildman–Crippen MR) is 100 cm³/mol. The molecular formula is C19H22N2O2S. The fraction of sp³-hybridized carbons (Fsp3) is 0.368. The highest BCUT2D eigenvalue weighted by Gasteiger charge is 2.16. The van der Waals surface area contributed by atoms with Crippen molar-refractivity contribution in [2.24, 2.45) is 0 Å². The molecule has 126 valence electrons. The molecule has 4 nitrogen and oxygen atoms in total. The van der Waals surface area contributed by atoms with Crippen LogP contribution in [0.5, 0.6) is 0 Å². The van der Waals surface area contributed by atoms with Crippen LogP contribution in [0, 0.1) is 13.8 Å². The Morgan fingerprint density at radius 3 is 2.71 bits per heavy atom. The topological polar surface area (TPSA) is 44.1 Å². The van der Waals surface area contributed by atoms with Gasteiger partial charge < -0.3 is 4.74 Å². The Hall–Kier alpha value is -1.98. The average Bonchev–Trinajstić information content (AvgIpc) is 3.00. The smallest absolute Gasteiger partial charge is 0.262 e. The first-order valence-corrected chi connectivity index (χ1v) is 9.02. The van der Waals surface area contributed by atoms with Gasteiger partial charge in [0, 0.05) is 24.5 Å². The molecule has 0 atom stereocenters. The summed E-state index contributed by atoms with van der Waals surface area (Å²) in [5.74, 6) is 0.818. The van der Waals surface area contributed by atoms with E-state index in [1.165, 1.54) is 22.5 Å². The number of rotatable bonds is 5. The summed E-state index contributed by atoms with van der Waals surface area (Å²) in [6.07, 6.45) is 0.728. The van der Waals surface area contributed by atoms with Gasteiger partial charge in [-0.2, -0.15) is 0 Å². The first-order chi connectivity index (χ1) is 11.6. The maximum absolute atomic E-state index is 13.1. The molecule has 0 unspecified atom stereocenters. The van der Waals surface area contributed by atoms with Crippen molar-refractivity contribution < 1.29 is 4.74 Å². The lowest BCUT2D eigenvalue weighted by molar-refractivity contribution is 0.185. The van der Waals surface area contributed by atoms with E-state index < -0.39 is 0 Å². The Labute approximate surface area is 145 Å². The average molecular weight is 342 g/mol. The van der Waals surface area contributed by atoms with Gasteiger partial charge in [0.1, 0.15) is 10.7 Å². The quantitative estimate of drug-likeness (QED) is 0.705. The number of hydrogen-bond acceptors (Lipinski definition) is 4. The molecule has 0 saturated heterocycles. The molecule has 2 heterocycles. The van der Waals surface area contributed by atoms with Crippen molar-refractivity contribution in [1.82, 2.24) is 9.55 Å². The number of fused-ring (bicyclic) bond motifs is 1. The van der Waals surface area contributed by atoms with Crippen molar-refractivity contribution in [3.05, 3.63) is 50.9 Å². The second-order valence-corrected chi connectivity index (χ2v) is 6.82. The fourth-order valence-electron chi connectivity index (χ4n) is 2.87. The highest BCUT2D eigenvalue weighted by molar-refractivity contribution is 7.17. The third-order valence-electron chi connectivity index (χ3n) is 4.43. The molecule has 0 fully saturated rings. The van der Waals surface area contributed by atoms with Crippen LogP contribution >= 0.6 is 11.3 Å². The van der Waals surface area contributed by atoms with E-state index in [1.54, 1.807) is 11.7 Å². The molecule has 0 aliphatic heterocycles. The minimum absolute atomic E-state index is 0.0309. The van der Waals surface area contributed by atoms with Crippen LogP contribution in [-0.4, -0.2) is 23.3 Å². The third-order valence-corrected chi connectivity index (χ3v) is 5.30. The van der Waals surface area contributed by atoms with Crippen LogP contribution in [-0.2, 0) is 17.7 Å². The van der Waals surface area contributed by atoms with Gasteiger partial charge in [-0.1, -0.05) is 25.1 Å². The molecule has 0 N–H and O–H groups in total. The van der Waals surface area contributed by atoms with E-state index in [-0.39, 0.29) is 5.56 Å². The van der Waals surface area contributed by atoms with Crippen molar-refractivity contribution in [2.75, 3.05) is 13.7 Å². The minimum atomic E-state index is 0.0309. The highest BCUT2D eigenvalue weighted by Crippen LogP contribution is 2.32. The van der Waals surface area contributed by atoms with E-state index in [2.05, 4.69) is 32.0 Å². The van der Waals surface area contributed by atoms with Gasteiger partial charge in [-0.25, -0.2) is 4.98 Å². The number of nitrogens with zero attached hydrogens (tertiary/aromatic N) is 2. The Balaban J connectivity index is 2.24. The van der Waals surface area contributed by atoms with Gasteiger partial charge in [0.05, 0.1) is 18.5 Å². The predicted octanol–water partition coefficient (Wildman–Crippen LogP) is 3.95. The zero-order chi connectivity index (χ0) is 17.3. The summed E-state index contributed by atoms with van der Waals surface area (Å²) < 4.78 is 6.91. The molecule has 0 aliphatic carbocycles. The first-order valence-electron chi connectivity index (χ1n) is 8.14. The molecule has 24 heavy (non-hydrogen) atoms. The molecule has 0 amide bonds. The van der Waals surface area contributed by atoms with Gasteiger partial charge in [0.2, 0.25) is 0 Å². The molecule has 3 aromatic rings. The van der Waals surface area contributed by atoms with Crippen molar-refractivity contribution >= 4 is 21.6 Å². The molecule has 0 aliphatic rings. The van der Waals surface area contributed by atoms with Crippen molar-refractivity contribution in [2.45, 2.75) is 33.7 Å². The van der Waals surface area contributed by atoms with Gasteiger partial charge >= 0.3 is 0 Å². The monoisotopic (exact) mass is 342 g/mol. The zero-order valence-corrected chi connectivity index (χ0v) is 15.4. The van der Waals surface area contributed by atoms with Crippen LogP contribution in [0.1, 0.15) is 23.9 Å². The van der Waals surface area contributed by atoms with E-state index >= 15 is 0 Å². The molecule has 5 heteroatoms. The minimum Gasteiger partial charge on any atom is -0.383 e. The second kappa shape index (κ2) is 6.87. The number of aromatic nitrogens is 2. The Morgan fingerprint density at radius 2 is 2.04 bits per heavy atom. The highest BCUT2D eigenvalue weighted by atomic mass is 32.1. The van der Waals surface area contributed by atoms with E-state index in [4.69, 9.17) is 9.72 Å². The van der Waals surface area contributed by atoms with Crippen LogP contribution in [0.3, 0.4) is 0 Å². The number of ether oxygens (including phenoxy) is 1. The van der Waals surface area contributed by atoms with Crippen LogP contribution in [0.25, 0.3) is 21.3 Å². The van der Waals surface area contributed by atoms with Gasteiger partial charge in [-0.15, -0.1) is 11.3 Å². The Bertz CT molecular complexity index is 940. The molecule has 3 rings (SSSR count). The van der Waals surface area contributed by atoms with Gasteiger partial charge in [-0.05, 0) is 30.5 Å². The zero-order valence-electron chi connectivity index (χ0n) is 14.5. The van der Waals surface area contributed by atoms with Crippen LogP contribution in [0.15, 0.2) is 28.4 Å². The Morgan fingerprint density at radius 1 is 1.25 bits per heavy atom. The summed E-state index contributed by atoms with van der Waals surface area (Å²) in [6, 6.07) is 6.32. The molecule has 1 aromatic carbocycles. The number of benzene rings is 1. The van der Waals surface area contributed by atoms with Gasteiger partial charge in [0.15, 0.2) is 0 Å². The molecule has 0 bridgehead atoms. The lowest BCUT2D eigenvalue weighted by Gasteiger charge is -2.11. The maximum atomic E-state index is 13.1. The second-order valence-electron chi connectivity index (χ2n) is 5.96. The largest absolute Gasteiger partial charge is 0.383 e. The molecule has 0 radical (unpaired) electrons. The molecule has 0 spiro atoms. The van der Waals surface area contributed by atoms with Crippen molar-refractivity contribution in [3.8, 4) is 11.1 Å². The number of thiophene rings is 1. The Kier molecular flexibility index (Phi) is 4.83. The van der Waals surface area contributed by atoms with Crippen molar-refractivity contribution in [3.63, 3.8) is 0 Å². The summed E-state index contributed by atoms with van der Waals surface area (Å²) in [7, 11) is 1.65. The molecule has 2 aromatic heterocycles. The summed E-state index contributed by atoms with van der Waals surface area (Å²) in [6.45, 7) is 7.25. The SMILES string of the molecule is CCc1nc2scc(-c3ccc(C)c(C)c3)c2c(=O)n1CCOC. The lowest BCUT2D eigenvalue weighted by Crippen LogP contribution is -2.26. The summed E-state index contributed by atoms with van der Waals surface area (Å²) in [4.78, 5) is 18.6. The number of methoxy groups -OCH3 is 1. The van der Waals surface area contributed by atoms with Crippen LogP contribution in [0.4, 0.5) is 0 Å². The number of hydrogen-bond donors (Lipinski definition) is 0. The van der Waals surface area contributed by atoms with Crippen molar-refractivity contribution in [1.29, 1.82) is 0 Å². The van der Waals surface area contributed by atoms with Gasteiger partial charge in [0.25, 0.3) is 5.56 Å². The molecular weight excluding hydrogens is 320 g/mol. The summed E-state index contributed by atoms with van der Waals surface area (Å²) >= 11 is 1.54. The number of aryl methyl sites for hydroxylation is 3. The summed E-state index contributed by atoms with van der Waals surface area (Å²) in [5, 5.41) is 2.76.